The van der Waals surface area contributed by atoms with Gasteiger partial charge in [0.25, 0.3) is 5.69 Å². The Labute approximate surface area is 122 Å². The van der Waals surface area contributed by atoms with Crippen LogP contribution in [0.25, 0.3) is 0 Å². The summed E-state index contributed by atoms with van der Waals surface area (Å²) in [6.07, 6.45) is -0.0843. The van der Waals surface area contributed by atoms with E-state index in [0.29, 0.717) is 17.7 Å². The summed E-state index contributed by atoms with van der Waals surface area (Å²) in [7, 11) is 0. The quantitative estimate of drug-likeness (QED) is 0.461. The van der Waals surface area contributed by atoms with E-state index in [2.05, 4.69) is 0 Å². The Morgan fingerprint density at radius 3 is 2.29 bits per heavy atom. The number of rotatable bonds is 6. The minimum atomic E-state index is -0.603. The van der Waals surface area contributed by atoms with Crippen LogP contribution in [0.4, 0.5) is 5.69 Å². The number of ketones is 1. The number of ether oxygens (including phenoxy) is 1. The summed E-state index contributed by atoms with van der Waals surface area (Å²) >= 11 is 0. The van der Waals surface area contributed by atoms with Crippen LogP contribution in [0.5, 0.6) is 5.75 Å². The topological polar surface area (TPSA) is 69.4 Å². The fourth-order valence-electron chi connectivity index (χ4n) is 1.92. The lowest BCUT2D eigenvalue weighted by Gasteiger charge is -2.16. The number of carbonyl (C=O) groups is 1. The van der Waals surface area contributed by atoms with Gasteiger partial charge in [-0.3, -0.25) is 14.9 Å². The highest BCUT2D eigenvalue weighted by atomic mass is 16.6. The third-order valence-electron chi connectivity index (χ3n) is 3.05. The minimum Gasteiger partial charge on any atom is -0.482 e. The van der Waals surface area contributed by atoms with Gasteiger partial charge < -0.3 is 4.74 Å². The van der Waals surface area contributed by atoms with Crippen LogP contribution in [0.2, 0.25) is 0 Å². The highest BCUT2D eigenvalue weighted by Gasteiger charge is 2.20. The molecule has 108 valence electrons. The number of hydrogen-bond acceptors (Lipinski definition) is 4. The van der Waals surface area contributed by atoms with E-state index in [1.54, 1.807) is 24.3 Å². The van der Waals surface area contributed by atoms with Gasteiger partial charge in [-0.2, -0.15) is 0 Å². The molecule has 0 amide bonds. The van der Waals surface area contributed by atoms with Crippen molar-refractivity contribution in [3.05, 3.63) is 70.3 Å². The summed E-state index contributed by atoms with van der Waals surface area (Å²) < 4.78 is 5.64. The fraction of sp³-hybridized carbons (Fsp3) is 0.188. The van der Waals surface area contributed by atoms with Crippen LogP contribution in [-0.2, 0) is 0 Å². The molecule has 1 atom stereocenters. The second-order valence-corrected chi connectivity index (χ2v) is 4.50. The van der Waals surface area contributed by atoms with E-state index in [1.165, 1.54) is 24.3 Å². The Bertz CT molecular complexity index is 622. The first kappa shape index (κ1) is 14.7. The molecule has 0 radical (unpaired) electrons. The number of benzene rings is 2. The Kier molecular flexibility index (Phi) is 4.66. The summed E-state index contributed by atoms with van der Waals surface area (Å²) in [5.41, 5.74) is 0.580. The van der Waals surface area contributed by atoms with Gasteiger partial charge in [0.15, 0.2) is 6.10 Å². The molecular formula is C16H15NO4. The Balaban J connectivity index is 2.12. The molecule has 1 unspecified atom stereocenters. The highest BCUT2D eigenvalue weighted by molar-refractivity contribution is 5.99. The summed E-state index contributed by atoms with van der Waals surface area (Å²) in [6, 6.07) is 14.6. The van der Waals surface area contributed by atoms with Gasteiger partial charge in [-0.25, -0.2) is 0 Å². The molecule has 0 bridgehead atoms. The van der Waals surface area contributed by atoms with Crippen LogP contribution in [0, 0.1) is 10.1 Å². The molecule has 2 aromatic rings. The van der Waals surface area contributed by atoms with Crippen LogP contribution >= 0.6 is 0 Å². The molecule has 0 saturated carbocycles. The fourth-order valence-corrected chi connectivity index (χ4v) is 1.92. The molecule has 0 aromatic heterocycles. The Hall–Kier alpha value is -2.69. The van der Waals surface area contributed by atoms with Crippen molar-refractivity contribution in [2.45, 2.75) is 19.4 Å². The van der Waals surface area contributed by atoms with Crippen molar-refractivity contribution in [1.29, 1.82) is 0 Å². The second kappa shape index (κ2) is 6.65. The third kappa shape index (κ3) is 3.66. The van der Waals surface area contributed by atoms with E-state index in [1.807, 2.05) is 13.0 Å². The number of nitrogens with zero attached hydrogens (tertiary/aromatic N) is 1. The minimum absolute atomic E-state index is 0.00946. The summed E-state index contributed by atoms with van der Waals surface area (Å²) in [6.45, 7) is 1.86. The molecule has 0 N–H and O–H groups in total. The zero-order chi connectivity index (χ0) is 15.2. The molecule has 0 fully saturated rings. The SMILES string of the molecule is CCC(Oc1ccc([N+](=O)[O-])cc1)C(=O)c1ccccc1. The molecule has 0 spiro atoms. The molecule has 0 aliphatic carbocycles. The van der Waals surface area contributed by atoms with E-state index < -0.39 is 11.0 Å². The molecule has 0 saturated heterocycles. The van der Waals surface area contributed by atoms with E-state index in [4.69, 9.17) is 4.74 Å². The normalized spacial score (nSPS) is 11.7. The average molecular weight is 285 g/mol. The van der Waals surface area contributed by atoms with E-state index >= 15 is 0 Å². The van der Waals surface area contributed by atoms with Crippen LogP contribution in [0.3, 0.4) is 0 Å². The molecule has 5 nitrogen and oxygen atoms in total. The summed E-state index contributed by atoms with van der Waals surface area (Å²) in [4.78, 5) is 22.4. The van der Waals surface area contributed by atoms with Crippen molar-refractivity contribution in [2.75, 3.05) is 0 Å². The van der Waals surface area contributed by atoms with Crippen molar-refractivity contribution >= 4 is 11.5 Å². The number of non-ortho nitro benzene ring substituents is 1. The van der Waals surface area contributed by atoms with Gasteiger partial charge in [-0.1, -0.05) is 37.3 Å². The smallest absolute Gasteiger partial charge is 0.269 e. The maximum atomic E-state index is 12.3. The third-order valence-corrected chi connectivity index (χ3v) is 3.05. The van der Waals surface area contributed by atoms with Gasteiger partial charge in [0.2, 0.25) is 5.78 Å². The first-order valence-corrected chi connectivity index (χ1v) is 6.62. The largest absolute Gasteiger partial charge is 0.482 e. The average Bonchev–Trinajstić information content (AvgIpc) is 2.53. The summed E-state index contributed by atoms with van der Waals surface area (Å²) in [5, 5.41) is 10.6. The summed E-state index contributed by atoms with van der Waals surface area (Å²) in [5.74, 6) is 0.341. The van der Waals surface area contributed by atoms with Crippen molar-refractivity contribution in [3.8, 4) is 5.75 Å². The number of hydrogen-bond donors (Lipinski definition) is 0. The standard InChI is InChI=1S/C16H15NO4/c1-2-15(16(18)12-6-4-3-5-7-12)21-14-10-8-13(9-11-14)17(19)20/h3-11,15H,2H2,1H3. The van der Waals surface area contributed by atoms with Crippen LogP contribution in [-0.4, -0.2) is 16.8 Å². The van der Waals surface area contributed by atoms with Gasteiger partial charge in [-0.05, 0) is 18.6 Å². The van der Waals surface area contributed by atoms with Gasteiger partial charge in [-0.15, -0.1) is 0 Å². The van der Waals surface area contributed by atoms with Gasteiger partial charge in [0.1, 0.15) is 5.75 Å². The van der Waals surface area contributed by atoms with Crippen molar-refractivity contribution in [1.82, 2.24) is 0 Å². The van der Waals surface area contributed by atoms with Gasteiger partial charge in [0.05, 0.1) is 4.92 Å². The number of nitro benzene ring substituents is 1. The number of nitro groups is 1. The monoisotopic (exact) mass is 285 g/mol. The zero-order valence-electron chi connectivity index (χ0n) is 11.6. The molecule has 0 heterocycles. The van der Waals surface area contributed by atoms with Crippen LogP contribution in [0.1, 0.15) is 23.7 Å². The molecule has 2 rings (SSSR count). The molecule has 21 heavy (non-hydrogen) atoms. The lowest BCUT2D eigenvalue weighted by molar-refractivity contribution is -0.384. The molecule has 5 heteroatoms. The maximum absolute atomic E-state index is 12.3. The predicted octanol–water partition coefficient (Wildman–Crippen LogP) is 3.64. The van der Waals surface area contributed by atoms with E-state index in [-0.39, 0.29) is 11.5 Å². The van der Waals surface area contributed by atoms with E-state index in [9.17, 15) is 14.9 Å². The van der Waals surface area contributed by atoms with Crippen molar-refractivity contribution in [3.63, 3.8) is 0 Å². The second-order valence-electron chi connectivity index (χ2n) is 4.50. The maximum Gasteiger partial charge on any atom is 0.269 e. The van der Waals surface area contributed by atoms with Crippen LogP contribution < -0.4 is 4.74 Å². The highest BCUT2D eigenvalue weighted by Crippen LogP contribution is 2.20. The Morgan fingerprint density at radius 2 is 1.76 bits per heavy atom. The Morgan fingerprint density at radius 1 is 1.14 bits per heavy atom. The number of carbonyl (C=O) groups excluding carboxylic acids is 1. The lowest BCUT2D eigenvalue weighted by atomic mass is 10.0. The van der Waals surface area contributed by atoms with Crippen molar-refractivity contribution < 1.29 is 14.5 Å². The molecule has 2 aromatic carbocycles. The van der Waals surface area contributed by atoms with Gasteiger partial charge in [0, 0.05) is 17.7 Å². The molecular weight excluding hydrogens is 270 g/mol. The first-order valence-electron chi connectivity index (χ1n) is 6.62. The zero-order valence-corrected chi connectivity index (χ0v) is 11.6. The van der Waals surface area contributed by atoms with E-state index in [0.717, 1.165) is 0 Å². The predicted molar refractivity (Wildman–Crippen MR) is 78.6 cm³/mol. The van der Waals surface area contributed by atoms with Crippen LogP contribution in [0.15, 0.2) is 54.6 Å². The lowest BCUT2D eigenvalue weighted by Crippen LogP contribution is -2.26. The first-order chi connectivity index (χ1) is 10.1. The van der Waals surface area contributed by atoms with Gasteiger partial charge >= 0.3 is 0 Å². The number of Topliss-reactive ketones (excluding diaryl/α,β-unsaturated/α-hetero) is 1. The molecule has 0 aliphatic heterocycles. The van der Waals surface area contributed by atoms with Crippen molar-refractivity contribution in [2.24, 2.45) is 0 Å². The molecule has 0 aliphatic rings.